The number of nitrogens with one attached hydrogen (secondary N) is 1. The molecule has 5 nitrogen and oxygen atoms in total. The number of carbonyl (C=O) groups excluding carboxylic acids is 1. The number of para-hydroxylation sites is 1. The van der Waals surface area contributed by atoms with Crippen molar-refractivity contribution in [1.29, 1.82) is 0 Å². The molecule has 3 aromatic rings. The van der Waals surface area contributed by atoms with Crippen LogP contribution in [0, 0.1) is 0 Å². The van der Waals surface area contributed by atoms with E-state index in [9.17, 15) is 18.3 Å². The summed E-state index contributed by atoms with van der Waals surface area (Å²) in [4.78, 5) is 12.7. The van der Waals surface area contributed by atoms with Crippen LogP contribution in [0.1, 0.15) is 10.4 Å². The number of rotatable bonds is 4. The Hall–Kier alpha value is -3.12. The quantitative estimate of drug-likeness (QED) is 0.736. The molecule has 0 saturated carbocycles. The van der Waals surface area contributed by atoms with E-state index in [0.717, 1.165) is 11.8 Å². The fourth-order valence-corrected chi connectivity index (χ4v) is 3.19. The lowest BCUT2D eigenvalue weighted by Gasteiger charge is -2.11. The van der Waals surface area contributed by atoms with Crippen molar-refractivity contribution in [3.63, 3.8) is 0 Å². The van der Waals surface area contributed by atoms with Gasteiger partial charge in [0, 0.05) is 17.5 Å². The summed E-state index contributed by atoms with van der Waals surface area (Å²) >= 11 is 0. The SMILES string of the molecule is CS(=O)(=O)c1ccc(NC(=O)c2cccc(-c3ccccc3)c2O)cc1. The lowest BCUT2D eigenvalue weighted by Crippen LogP contribution is -2.12. The smallest absolute Gasteiger partial charge is 0.259 e. The minimum atomic E-state index is -3.30. The molecule has 0 aliphatic carbocycles. The zero-order chi connectivity index (χ0) is 18.7. The maximum Gasteiger partial charge on any atom is 0.259 e. The summed E-state index contributed by atoms with van der Waals surface area (Å²) in [6.45, 7) is 0. The third-order valence-electron chi connectivity index (χ3n) is 3.91. The molecule has 2 N–H and O–H groups in total. The fourth-order valence-electron chi connectivity index (χ4n) is 2.56. The summed E-state index contributed by atoms with van der Waals surface area (Å²) in [6, 6.07) is 20.1. The molecular weight excluding hydrogens is 350 g/mol. The third-order valence-corrected chi connectivity index (χ3v) is 5.03. The van der Waals surface area contributed by atoms with Gasteiger partial charge in [0.25, 0.3) is 5.91 Å². The normalized spacial score (nSPS) is 11.1. The zero-order valence-electron chi connectivity index (χ0n) is 14.0. The van der Waals surface area contributed by atoms with Gasteiger partial charge in [-0.1, -0.05) is 42.5 Å². The number of aromatic hydroxyl groups is 1. The van der Waals surface area contributed by atoms with Crippen LogP contribution in [0.3, 0.4) is 0 Å². The first-order chi connectivity index (χ1) is 12.4. The highest BCUT2D eigenvalue weighted by molar-refractivity contribution is 7.90. The number of hydrogen-bond acceptors (Lipinski definition) is 4. The maximum atomic E-state index is 12.5. The number of amides is 1. The van der Waals surface area contributed by atoms with Gasteiger partial charge in [0.1, 0.15) is 5.75 Å². The van der Waals surface area contributed by atoms with Crippen molar-refractivity contribution in [1.82, 2.24) is 0 Å². The van der Waals surface area contributed by atoms with Gasteiger partial charge < -0.3 is 10.4 Å². The van der Waals surface area contributed by atoms with Crippen molar-refractivity contribution in [3.05, 3.63) is 78.4 Å². The Kier molecular flexibility index (Phi) is 4.77. The lowest BCUT2D eigenvalue weighted by atomic mass is 10.0. The monoisotopic (exact) mass is 367 g/mol. The topological polar surface area (TPSA) is 83.5 Å². The van der Waals surface area contributed by atoms with Crippen LogP contribution in [0.15, 0.2) is 77.7 Å². The molecule has 132 valence electrons. The van der Waals surface area contributed by atoms with Gasteiger partial charge in [-0.05, 0) is 35.9 Å². The second-order valence-corrected chi connectivity index (χ2v) is 7.83. The van der Waals surface area contributed by atoms with Gasteiger partial charge in [-0.25, -0.2) is 8.42 Å². The van der Waals surface area contributed by atoms with E-state index in [-0.39, 0.29) is 16.2 Å². The molecule has 0 heterocycles. The van der Waals surface area contributed by atoms with Gasteiger partial charge in [-0.15, -0.1) is 0 Å². The number of phenolic OH excluding ortho intramolecular Hbond substituents is 1. The number of benzene rings is 3. The van der Waals surface area contributed by atoms with Crippen molar-refractivity contribution < 1.29 is 18.3 Å². The fraction of sp³-hybridized carbons (Fsp3) is 0.0500. The van der Waals surface area contributed by atoms with Gasteiger partial charge >= 0.3 is 0 Å². The van der Waals surface area contributed by atoms with Crippen molar-refractivity contribution in [2.45, 2.75) is 4.90 Å². The van der Waals surface area contributed by atoms with Crippen molar-refractivity contribution >= 4 is 21.4 Å². The lowest BCUT2D eigenvalue weighted by molar-refractivity contribution is 0.102. The minimum Gasteiger partial charge on any atom is -0.506 e. The molecule has 0 saturated heterocycles. The van der Waals surface area contributed by atoms with Gasteiger partial charge in [0.05, 0.1) is 10.5 Å². The first-order valence-electron chi connectivity index (χ1n) is 7.85. The molecule has 0 bridgehead atoms. The molecule has 0 fully saturated rings. The van der Waals surface area contributed by atoms with Crippen LogP contribution in [-0.2, 0) is 9.84 Å². The average Bonchev–Trinajstić information content (AvgIpc) is 2.62. The van der Waals surface area contributed by atoms with Gasteiger partial charge in [-0.2, -0.15) is 0 Å². The standard InChI is InChI=1S/C20H17NO4S/c1-26(24,25)16-12-10-15(11-13-16)21-20(23)18-9-5-8-17(19(18)22)14-6-3-2-4-7-14/h2-13,22H,1H3,(H,21,23). The van der Waals surface area contributed by atoms with Gasteiger partial charge in [-0.3, -0.25) is 4.79 Å². The molecule has 0 aliphatic rings. The highest BCUT2D eigenvalue weighted by Crippen LogP contribution is 2.32. The molecule has 3 rings (SSSR count). The Morgan fingerprint density at radius 1 is 0.885 bits per heavy atom. The van der Waals surface area contributed by atoms with E-state index in [4.69, 9.17) is 0 Å². The van der Waals surface area contributed by atoms with Crippen LogP contribution in [-0.4, -0.2) is 25.7 Å². The van der Waals surface area contributed by atoms with E-state index in [1.165, 1.54) is 30.3 Å². The Bertz CT molecular complexity index is 1040. The highest BCUT2D eigenvalue weighted by Gasteiger charge is 2.15. The maximum absolute atomic E-state index is 12.5. The van der Waals surface area contributed by atoms with Crippen molar-refractivity contribution in [3.8, 4) is 16.9 Å². The number of phenols is 1. The predicted molar refractivity (Wildman–Crippen MR) is 101 cm³/mol. The Labute approximate surface area is 151 Å². The van der Waals surface area contributed by atoms with E-state index in [1.54, 1.807) is 12.1 Å². The molecular formula is C20H17NO4S. The van der Waals surface area contributed by atoms with Crippen LogP contribution in [0.2, 0.25) is 0 Å². The molecule has 0 atom stereocenters. The van der Waals surface area contributed by atoms with E-state index in [1.807, 2.05) is 30.3 Å². The van der Waals surface area contributed by atoms with Crippen LogP contribution in [0.4, 0.5) is 5.69 Å². The Balaban J connectivity index is 1.87. The van der Waals surface area contributed by atoms with E-state index >= 15 is 0 Å². The number of hydrogen-bond donors (Lipinski definition) is 2. The van der Waals surface area contributed by atoms with E-state index < -0.39 is 15.7 Å². The van der Waals surface area contributed by atoms with Crippen molar-refractivity contribution in [2.75, 3.05) is 11.6 Å². The Morgan fingerprint density at radius 2 is 1.54 bits per heavy atom. The number of anilines is 1. The second kappa shape index (κ2) is 7.01. The van der Waals surface area contributed by atoms with Gasteiger partial charge in [0.15, 0.2) is 9.84 Å². The molecule has 0 radical (unpaired) electrons. The molecule has 0 unspecified atom stereocenters. The summed E-state index contributed by atoms with van der Waals surface area (Å²) in [5.74, 6) is -0.587. The minimum absolute atomic E-state index is 0.107. The summed E-state index contributed by atoms with van der Waals surface area (Å²) in [5.41, 5.74) is 1.94. The summed E-state index contributed by atoms with van der Waals surface area (Å²) < 4.78 is 23.0. The van der Waals surface area contributed by atoms with E-state index in [0.29, 0.717) is 11.3 Å². The molecule has 26 heavy (non-hydrogen) atoms. The molecule has 0 spiro atoms. The summed E-state index contributed by atoms with van der Waals surface area (Å²) in [7, 11) is -3.30. The largest absolute Gasteiger partial charge is 0.506 e. The molecule has 6 heteroatoms. The first-order valence-corrected chi connectivity index (χ1v) is 9.74. The number of carbonyl (C=O) groups is 1. The molecule has 0 aromatic heterocycles. The third kappa shape index (κ3) is 3.75. The Morgan fingerprint density at radius 3 is 2.15 bits per heavy atom. The second-order valence-electron chi connectivity index (χ2n) is 5.82. The van der Waals surface area contributed by atoms with Gasteiger partial charge in [0.2, 0.25) is 0 Å². The molecule has 1 amide bonds. The highest BCUT2D eigenvalue weighted by atomic mass is 32.2. The molecule has 3 aromatic carbocycles. The predicted octanol–water partition coefficient (Wildman–Crippen LogP) is 3.72. The van der Waals surface area contributed by atoms with Crippen LogP contribution in [0.5, 0.6) is 5.75 Å². The van der Waals surface area contributed by atoms with Crippen LogP contribution in [0.25, 0.3) is 11.1 Å². The van der Waals surface area contributed by atoms with Crippen LogP contribution >= 0.6 is 0 Å². The van der Waals surface area contributed by atoms with Crippen LogP contribution < -0.4 is 5.32 Å². The van der Waals surface area contributed by atoms with E-state index in [2.05, 4.69) is 5.32 Å². The summed E-state index contributed by atoms with van der Waals surface area (Å²) in [6.07, 6.45) is 1.12. The molecule has 0 aliphatic heterocycles. The summed E-state index contributed by atoms with van der Waals surface area (Å²) in [5, 5.41) is 13.2. The average molecular weight is 367 g/mol. The first kappa shape index (κ1) is 17.7. The zero-order valence-corrected chi connectivity index (χ0v) is 14.8. The van der Waals surface area contributed by atoms with Crippen molar-refractivity contribution in [2.24, 2.45) is 0 Å². The number of sulfone groups is 1.